The maximum absolute atomic E-state index is 12.4. The summed E-state index contributed by atoms with van der Waals surface area (Å²) in [6.07, 6.45) is 1.54. The SMILES string of the molecule is CC(C)(C)c1cc(C(=O)NC2COCC2n2ncccc2=O)n[nH]1. The molecule has 1 amide bonds. The third kappa shape index (κ3) is 3.23. The number of carbonyl (C=O) groups excluding carboxylic acids is 1. The first kappa shape index (κ1) is 16.4. The van der Waals surface area contributed by atoms with Gasteiger partial charge in [-0.05, 0) is 12.1 Å². The van der Waals surface area contributed by atoms with Gasteiger partial charge in [-0.1, -0.05) is 20.8 Å². The van der Waals surface area contributed by atoms with E-state index in [1.54, 1.807) is 18.3 Å². The number of hydrogen-bond acceptors (Lipinski definition) is 5. The van der Waals surface area contributed by atoms with E-state index in [0.29, 0.717) is 18.9 Å². The van der Waals surface area contributed by atoms with E-state index in [1.165, 1.54) is 10.7 Å². The van der Waals surface area contributed by atoms with Crippen LogP contribution in [0.5, 0.6) is 0 Å². The van der Waals surface area contributed by atoms with E-state index >= 15 is 0 Å². The normalized spacial score (nSPS) is 21.0. The quantitative estimate of drug-likeness (QED) is 0.859. The zero-order chi connectivity index (χ0) is 17.3. The Morgan fingerprint density at radius 2 is 2.21 bits per heavy atom. The molecule has 0 aromatic carbocycles. The van der Waals surface area contributed by atoms with E-state index in [0.717, 1.165) is 5.69 Å². The van der Waals surface area contributed by atoms with E-state index < -0.39 is 0 Å². The molecule has 1 fully saturated rings. The van der Waals surface area contributed by atoms with Crippen LogP contribution in [0.1, 0.15) is 43.0 Å². The molecule has 1 saturated heterocycles. The largest absolute Gasteiger partial charge is 0.377 e. The lowest BCUT2D eigenvalue weighted by molar-refractivity contribution is 0.0919. The molecule has 2 aromatic rings. The fourth-order valence-electron chi connectivity index (χ4n) is 2.60. The van der Waals surface area contributed by atoms with Crippen LogP contribution in [0.4, 0.5) is 0 Å². The Morgan fingerprint density at radius 1 is 1.42 bits per heavy atom. The summed E-state index contributed by atoms with van der Waals surface area (Å²) in [4.78, 5) is 24.4. The van der Waals surface area contributed by atoms with E-state index in [-0.39, 0.29) is 29.0 Å². The average Bonchev–Trinajstić information content (AvgIpc) is 3.16. The van der Waals surface area contributed by atoms with Crippen LogP contribution in [-0.4, -0.2) is 45.1 Å². The van der Waals surface area contributed by atoms with Crippen LogP contribution >= 0.6 is 0 Å². The fraction of sp³-hybridized carbons (Fsp3) is 0.500. The van der Waals surface area contributed by atoms with Gasteiger partial charge in [0.15, 0.2) is 0 Å². The molecule has 0 aliphatic carbocycles. The highest BCUT2D eigenvalue weighted by Gasteiger charge is 2.33. The summed E-state index contributed by atoms with van der Waals surface area (Å²) in [5.74, 6) is -0.300. The van der Waals surface area contributed by atoms with Crippen LogP contribution in [0, 0.1) is 0 Å². The number of aromatic nitrogens is 4. The predicted octanol–water partition coefficient (Wildman–Crippen LogP) is 0.634. The first-order valence-electron chi connectivity index (χ1n) is 7.84. The Labute approximate surface area is 139 Å². The number of nitrogens with one attached hydrogen (secondary N) is 2. The summed E-state index contributed by atoms with van der Waals surface area (Å²) in [6, 6.07) is 4.10. The zero-order valence-electron chi connectivity index (χ0n) is 13.9. The molecule has 1 aliphatic rings. The molecule has 1 aliphatic heterocycles. The molecule has 2 unspecified atom stereocenters. The molecule has 2 aromatic heterocycles. The second-order valence-electron chi connectivity index (χ2n) is 6.91. The van der Waals surface area contributed by atoms with Crippen molar-refractivity contribution < 1.29 is 9.53 Å². The van der Waals surface area contributed by atoms with Crippen molar-refractivity contribution in [2.75, 3.05) is 13.2 Å². The van der Waals surface area contributed by atoms with E-state index in [9.17, 15) is 9.59 Å². The van der Waals surface area contributed by atoms with Gasteiger partial charge in [0, 0.05) is 23.4 Å². The summed E-state index contributed by atoms with van der Waals surface area (Å²) in [6.45, 7) is 6.77. The highest BCUT2D eigenvalue weighted by molar-refractivity contribution is 5.92. The van der Waals surface area contributed by atoms with Gasteiger partial charge in [0.2, 0.25) is 0 Å². The standard InChI is InChI=1S/C16H21N5O3/c1-16(2,3)13-7-10(19-20-13)15(23)18-11-8-24-9-12(11)21-14(22)5-4-6-17-21/h4-7,11-12H,8-9H2,1-3H3,(H,18,23)(H,19,20). The molecule has 0 spiro atoms. The molecule has 24 heavy (non-hydrogen) atoms. The van der Waals surface area contributed by atoms with E-state index in [2.05, 4.69) is 20.6 Å². The molecule has 128 valence electrons. The summed E-state index contributed by atoms with van der Waals surface area (Å²) in [5, 5.41) is 13.9. The number of H-pyrrole nitrogens is 1. The summed E-state index contributed by atoms with van der Waals surface area (Å²) >= 11 is 0. The van der Waals surface area contributed by atoms with Gasteiger partial charge in [0.1, 0.15) is 11.7 Å². The number of hydrogen-bond donors (Lipinski definition) is 2. The molecule has 2 N–H and O–H groups in total. The van der Waals surface area contributed by atoms with Crippen molar-refractivity contribution in [2.45, 2.75) is 38.3 Å². The van der Waals surface area contributed by atoms with E-state index in [4.69, 9.17) is 4.74 Å². The molecule has 0 saturated carbocycles. The van der Waals surface area contributed by atoms with Crippen LogP contribution in [0.15, 0.2) is 29.2 Å². The topological polar surface area (TPSA) is 102 Å². The average molecular weight is 331 g/mol. The van der Waals surface area contributed by atoms with Gasteiger partial charge in [0.25, 0.3) is 11.5 Å². The maximum Gasteiger partial charge on any atom is 0.272 e. The number of rotatable bonds is 3. The third-order valence-corrected chi connectivity index (χ3v) is 4.04. The number of ether oxygens (including phenoxy) is 1. The van der Waals surface area contributed by atoms with Crippen LogP contribution in [0.3, 0.4) is 0 Å². The first-order valence-corrected chi connectivity index (χ1v) is 7.84. The molecule has 3 heterocycles. The van der Waals surface area contributed by atoms with Crippen LogP contribution < -0.4 is 10.9 Å². The maximum atomic E-state index is 12.4. The highest BCUT2D eigenvalue weighted by Crippen LogP contribution is 2.21. The number of nitrogens with zero attached hydrogens (tertiary/aromatic N) is 3. The smallest absolute Gasteiger partial charge is 0.272 e. The molecular weight excluding hydrogens is 310 g/mol. The van der Waals surface area contributed by atoms with Crippen molar-refractivity contribution in [3.63, 3.8) is 0 Å². The number of aromatic amines is 1. The van der Waals surface area contributed by atoms with Crippen molar-refractivity contribution in [1.29, 1.82) is 0 Å². The van der Waals surface area contributed by atoms with Gasteiger partial charge >= 0.3 is 0 Å². The van der Waals surface area contributed by atoms with Crippen molar-refractivity contribution in [3.8, 4) is 0 Å². The number of amides is 1. The van der Waals surface area contributed by atoms with Crippen LogP contribution in [-0.2, 0) is 10.2 Å². The molecule has 0 radical (unpaired) electrons. The Balaban J connectivity index is 1.75. The van der Waals surface area contributed by atoms with Gasteiger partial charge in [0.05, 0.1) is 19.3 Å². The number of carbonyl (C=O) groups is 1. The van der Waals surface area contributed by atoms with Gasteiger partial charge in [-0.25, -0.2) is 4.68 Å². The minimum Gasteiger partial charge on any atom is -0.377 e. The van der Waals surface area contributed by atoms with Crippen molar-refractivity contribution in [2.24, 2.45) is 0 Å². The highest BCUT2D eigenvalue weighted by atomic mass is 16.5. The monoisotopic (exact) mass is 331 g/mol. The molecule has 8 heteroatoms. The van der Waals surface area contributed by atoms with Crippen molar-refractivity contribution in [1.82, 2.24) is 25.3 Å². The van der Waals surface area contributed by atoms with Crippen LogP contribution in [0.2, 0.25) is 0 Å². The minimum absolute atomic E-state index is 0.119. The Bertz CT molecular complexity index is 789. The fourth-order valence-corrected chi connectivity index (χ4v) is 2.60. The van der Waals surface area contributed by atoms with Gasteiger partial charge in [-0.2, -0.15) is 10.2 Å². The second kappa shape index (κ2) is 6.20. The van der Waals surface area contributed by atoms with Gasteiger partial charge < -0.3 is 10.1 Å². The predicted molar refractivity (Wildman–Crippen MR) is 86.9 cm³/mol. The molecule has 8 nitrogen and oxygen atoms in total. The van der Waals surface area contributed by atoms with Gasteiger partial charge in [-0.3, -0.25) is 14.7 Å². The molecular formula is C16H21N5O3. The second-order valence-corrected chi connectivity index (χ2v) is 6.91. The third-order valence-electron chi connectivity index (χ3n) is 4.04. The molecule has 3 rings (SSSR count). The lowest BCUT2D eigenvalue weighted by Gasteiger charge is -2.19. The lowest BCUT2D eigenvalue weighted by Crippen LogP contribution is -2.44. The van der Waals surface area contributed by atoms with Crippen LogP contribution in [0.25, 0.3) is 0 Å². The molecule has 2 atom stereocenters. The minimum atomic E-state index is -0.333. The van der Waals surface area contributed by atoms with Crippen molar-refractivity contribution >= 4 is 5.91 Å². The lowest BCUT2D eigenvalue weighted by atomic mass is 9.92. The Hall–Kier alpha value is -2.48. The van der Waals surface area contributed by atoms with Crippen molar-refractivity contribution in [3.05, 3.63) is 46.1 Å². The summed E-state index contributed by atoms with van der Waals surface area (Å²) < 4.78 is 6.78. The zero-order valence-corrected chi connectivity index (χ0v) is 13.9. The summed E-state index contributed by atoms with van der Waals surface area (Å²) in [5.41, 5.74) is 0.861. The first-order chi connectivity index (χ1) is 11.4. The Morgan fingerprint density at radius 3 is 2.88 bits per heavy atom. The molecule has 0 bridgehead atoms. The van der Waals surface area contributed by atoms with Gasteiger partial charge in [-0.15, -0.1) is 0 Å². The van der Waals surface area contributed by atoms with E-state index in [1.807, 2.05) is 20.8 Å². The Kier molecular flexibility index (Phi) is 4.23. The summed E-state index contributed by atoms with van der Waals surface area (Å²) in [7, 11) is 0.